The molecule has 0 atom stereocenters. The second-order valence-electron chi connectivity index (χ2n) is 5.51. The topological polar surface area (TPSA) is 54.4 Å². The maximum atomic E-state index is 12.3. The summed E-state index contributed by atoms with van der Waals surface area (Å²) in [5.74, 6) is 0.712. The van der Waals surface area contributed by atoms with Crippen LogP contribution in [0.5, 0.6) is 5.75 Å². The van der Waals surface area contributed by atoms with Crippen molar-refractivity contribution >= 4 is 34.6 Å². The van der Waals surface area contributed by atoms with E-state index in [2.05, 4.69) is 16.0 Å². The van der Waals surface area contributed by atoms with Crippen LogP contribution in [0.2, 0.25) is 0 Å². The van der Waals surface area contributed by atoms with E-state index in [0.717, 1.165) is 43.3 Å². The first-order valence-corrected chi connectivity index (χ1v) is 8.61. The molecule has 2 heterocycles. The molecule has 0 bridgehead atoms. The molecule has 2 fully saturated rings. The lowest BCUT2D eigenvalue weighted by molar-refractivity contribution is -0.121. The van der Waals surface area contributed by atoms with Crippen molar-refractivity contribution in [3.63, 3.8) is 0 Å². The van der Waals surface area contributed by atoms with Gasteiger partial charge in [-0.25, -0.2) is 0 Å². The SMILES string of the molecule is CN=C1SC(=Cc2ccc(N3CCOCC3)cc2OC)C(=O)N1C. The van der Waals surface area contributed by atoms with Crippen molar-refractivity contribution in [2.24, 2.45) is 4.99 Å². The van der Waals surface area contributed by atoms with Gasteiger partial charge in [0.1, 0.15) is 5.75 Å². The highest BCUT2D eigenvalue weighted by Crippen LogP contribution is 2.34. The number of hydrogen-bond donors (Lipinski definition) is 0. The van der Waals surface area contributed by atoms with Gasteiger partial charge in [0.15, 0.2) is 5.17 Å². The molecular weight excluding hydrogens is 326 g/mol. The third-order valence-electron chi connectivity index (χ3n) is 4.07. The third-order valence-corrected chi connectivity index (χ3v) is 5.23. The molecule has 0 saturated carbocycles. The predicted molar refractivity (Wildman–Crippen MR) is 97.7 cm³/mol. The fraction of sp³-hybridized carbons (Fsp3) is 0.412. The first kappa shape index (κ1) is 16.9. The number of likely N-dealkylation sites (N-methyl/N-ethyl adjacent to an activating group) is 1. The predicted octanol–water partition coefficient (Wildman–Crippen LogP) is 2.06. The van der Waals surface area contributed by atoms with Crippen molar-refractivity contribution in [1.29, 1.82) is 0 Å². The minimum Gasteiger partial charge on any atom is -0.496 e. The number of carbonyl (C=O) groups excluding carboxylic acids is 1. The maximum absolute atomic E-state index is 12.3. The number of rotatable bonds is 3. The lowest BCUT2D eigenvalue weighted by Gasteiger charge is -2.29. The zero-order valence-corrected chi connectivity index (χ0v) is 14.9. The van der Waals surface area contributed by atoms with Gasteiger partial charge in [0.2, 0.25) is 0 Å². The average molecular weight is 347 g/mol. The first-order valence-electron chi connectivity index (χ1n) is 7.79. The van der Waals surface area contributed by atoms with Crippen molar-refractivity contribution in [2.75, 3.05) is 52.4 Å². The zero-order chi connectivity index (χ0) is 17.1. The molecule has 2 aliphatic heterocycles. The Balaban J connectivity index is 1.88. The summed E-state index contributed by atoms with van der Waals surface area (Å²) in [6, 6.07) is 6.06. The standard InChI is InChI=1S/C17H21N3O3S/c1-18-17-19(2)16(21)15(24-17)10-12-4-5-13(11-14(12)22-3)20-6-8-23-9-7-20/h4-5,10-11H,6-9H2,1-3H3. The molecule has 1 amide bonds. The molecule has 2 aliphatic rings. The highest BCUT2D eigenvalue weighted by atomic mass is 32.2. The van der Waals surface area contributed by atoms with Gasteiger partial charge in [-0.2, -0.15) is 0 Å². The minimum atomic E-state index is -0.0418. The number of methoxy groups -OCH3 is 1. The Bertz CT molecular complexity index is 696. The fourth-order valence-electron chi connectivity index (χ4n) is 2.73. The van der Waals surface area contributed by atoms with E-state index in [1.165, 1.54) is 11.8 Å². The molecular formula is C17H21N3O3S. The van der Waals surface area contributed by atoms with Gasteiger partial charge in [-0.05, 0) is 30.0 Å². The number of morpholine rings is 1. The van der Waals surface area contributed by atoms with Crippen LogP contribution in [0.15, 0.2) is 28.1 Å². The first-order chi connectivity index (χ1) is 11.6. The molecule has 0 radical (unpaired) electrons. The Hall–Kier alpha value is -1.99. The quantitative estimate of drug-likeness (QED) is 0.784. The fourth-order valence-corrected chi connectivity index (χ4v) is 3.65. The molecule has 128 valence electrons. The molecule has 1 aromatic rings. The van der Waals surface area contributed by atoms with Crippen molar-refractivity contribution in [1.82, 2.24) is 4.90 Å². The summed E-state index contributed by atoms with van der Waals surface area (Å²) in [6.07, 6.45) is 1.86. The van der Waals surface area contributed by atoms with E-state index >= 15 is 0 Å². The summed E-state index contributed by atoms with van der Waals surface area (Å²) in [4.78, 5) is 20.9. The van der Waals surface area contributed by atoms with Crippen LogP contribution in [-0.4, -0.2) is 63.5 Å². The van der Waals surface area contributed by atoms with Gasteiger partial charge < -0.3 is 14.4 Å². The van der Waals surface area contributed by atoms with E-state index in [9.17, 15) is 4.79 Å². The van der Waals surface area contributed by atoms with Crippen LogP contribution < -0.4 is 9.64 Å². The van der Waals surface area contributed by atoms with E-state index in [1.807, 2.05) is 18.2 Å². The van der Waals surface area contributed by atoms with Gasteiger partial charge in [0, 0.05) is 44.5 Å². The summed E-state index contributed by atoms with van der Waals surface area (Å²) in [5.41, 5.74) is 1.99. The largest absolute Gasteiger partial charge is 0.496 e. The van der Waals surface area contributed by atoms with Crippen molar-refractivity contribution in [3.8, 4) is 5.75 Å². The molecule has 7 heteroatoms. The molecule has 0 unspecified atom stereocenters. The molecule has 0 aromatic heterocycles. The Morgan fingerprint density at radius 1 is 1.33 bits per heavy atom. The Morgan fingerprint density at radius 3 is 2.71 bits per heavy atom. The molecule has 1 aromatic carbocycles. The van der Waals surface area contributed by atoms with Crippen LogP contribution in [0, 0.1) is 0 Å². The number of thioether (sulfide) groups is 1. The van der Waals surface area contributed by atoms with Gasteiger partial charge in [0.05, 0.1) is 25.2 Å². The number of amides is 1. The Kier molecular flexibility index (Phi) is 5.11. The number of amidine groups is 1. The molecule has 3 rings (SSSR count). The van der Waals surface area contributed by atoms with Gasteiger partial charge in [-0.1, -0.05) is 0 Å². The second-order valence-corrected chi connectivity index (χ2v) is 6.52. The Labute approximate surface area is 146 Å². The lowest BCUT2D eigenvalue weighted by Crippen LogP contribution is -2.36. The highest BCUT2D eigenvalue weighted by Gasteiger charge is 2.30. The number of carbonyl (C=O) groups is 1. The molecule has 0 spiro atoms. The second kappa shape index (κ2) is 7.27. The van der Waals surface area contributed by atoms with E-state index in [1.54, 1.807) is 26.1 Å². The molecule has 24 heavy (non-hydrogen) atoms. The van der Waals surface area contributed by atoms with Crippen LogP contribution in [0.1, 0.15) is 5.56 Å². The normalized spacial score (nSPS) is 21.9. The van der Waals surface area contributed by atoms with Crippen LogP contribution >= 0.6 is 11.8 Å². The van der Waals surface area contributed by atoms with Crippen molar-refractivity contribution in [2.45, 2.75) is 0 Å². The van der Waals surface area contributed by atoms with Crippen LogP contribution in [-0.2, 0) is 9.53 Å². The lowest BCUT2D eigenvalue weighted by atomic mass is 10.1. The molecule has 0 N–H and O–H groups in total. The maximum Gasteiger partial charge on any atom is 0.266 e. The monoisotopic (exact) mass is 347 g/mol. The smallest absolute Gasteiger partial charge is 0.266 e. The summed E-state index contributed by atoms with van der Waals surface area (Å²) in [6.45, 7) is 3.23. The van der Waals surface area contributed by atoms with Crippen LogP contribution in [0.4, 0.5) is 5.69 Å². The summed E-state index contributed by atoms with van der Waals surface area (Å²) in [5, 5.41) is 0.704. The number of aliphatic imine (C=N–C) groups is 1. The summed E-state index contributed by atoms with van der Waals surface area (Å²) in [7, 11) is 5.07. The van der Waals surface area contributed by atoms with E-state index < -0.39 is 0 Å². The number of ether oxygens (including phenoxy) is 2. The summed E-state index contributed by atoms with van der Waals surface area (Å²) >= 11 is 1.38. The summed E-state index contributed by atoms with van der Waals surface area (Å²) < 4.78 is 10.9. The molecule has 2 saturated heterocycles. The number of anilines is 1. The van der Waals surface area contributed by atoms with Gasteiger partial charge >= 0.3 is 0 Å². The van der Waals surface area contributed by atoms with E-state index in [4.69, 9.17) is 9.47 Å². The zero-order valence-electron chi connectivity index (χ0n) is 14.1. The van der Waals surface area contributed by atoms with E-state index in [-0.39, 0.29) is 5.91 Å². The number of benzene rings is 1. The number of nitrogens with zero attached hydrogens (tertiary/aromatic N) is 3. The van der Waals surface area contributed by atoms with Crippen LogP contribution in [0.3, 0.4) is 0 Å². The van der Waals surface area contributed by atoms with Crippen LogP contribution in [0.25, 0.3) is 6.08 Å². The molecule has 0 aliphatic carbocycles. The Morgan fingerprint density at radius 2 is 2.08 bits per heavy atom. The van der Waals surface area contributed by atoms with E-state index in [0.29, 0.717) is 10.1 Å². The van der Waals surface area contributed by atoms with Gasteiger partial charge in [-0.3, -0.25) is 14.7 Å². The highest BCUT2D eigenvalue weighted by molar-refractivity contribution is 8.18. The number of hydrogen-bond acceptors (Lipinski definition) is 6. The third kappa shape index (κ3) is 3.27. The van der Waals surface area contributed by atoms with Gasteiger partial charge in [-0.15, -0.1) is 0 Å². The minimum absolute atomic E-state index is 0.0418. The average Bonchev–Trinajstić information content (AvgIpc) is 2.90. The van der Waals surface area contributed by atoms with Crippen molar-refractivity contribution < 1.29 is 14.3 Å². The molecule has 6 nitrogen and oxygen atoms in total. The van der Waals surface area contributed by atoms with Gasteiger partial charge in [0.25, 0.3) is 5.91 Å². The van der Waals surface area contributed by atoms with Crippen molar-refractivity contribution in [3.05, 3.63) is 28.7 Å².